The van der Waals surface area contributed by atoms with Gasteiger partial charge in [-0.05, 0) is 24.5 Å². The lowest BCUT2D eigenvalue weighted by Crippen LogP contribution is -2.26. The Morgan fingerprint density at radius 2 is 2.33 bits per heavy atom. The van der Waals surface area contributed by atoms with Gasteiger partial charge >= 0.3 is 0 Å². The van der Waals surface area contributed by atoms with Gasteiger partial charge in [-0.25, -0.2) is 4.98 Å². The van der Waals surface area contributed by atoms with Crippen LogP contribution in [0.2, 0.25) is 0 Å². The molecule has 0 radical (unpaired) electrons. The summed E-state index contributed by atoms with van der Waals surface area (Å²) in [6, 6.07) is 4.01. The molecule has 21 heavy (non-hydrogen) atoms. The number of carbonyl (C=O) groups excluding carboxylic acids is 1. The summed E-state index contributed by atoms with van der Waals surface area (Å²) >= 11 is 0. The first kappa shape index (κ1) is 13.9. The number of nitrogens with zero attached hydrogens (tertiary/aromatic N) is 4. The number of hydrogen-bond acceptors (Lipinski definition) is 4. The number of aromatic nitrogens is 3. The molecule has 1 saturated carbocycles. The molecule has 1 amide bonds. The maximum absolute atomic E-state index is 12.1. The van der Waals surface area contributed by atoms with Crippen LogP contribution in [0, 0.1) is 5.92 Å². The van der Waals surface area contributed by atoms with Gasteiger partial charge in [-0.2, -0.15) is 5.10 Å². The molecule has 0 unspecified atom stereocenters. The van der Waals surface area contributed by atoms with Gasteiger partial charge in [0.15, 0.2) is 0 Å². The van der Waals surface area contributed by atoms with Gasteiger partial charge in [0.1, 0.15) is 24.2 Å². The van der Waals surface area contributed by atoms with E-state index in [2.05, 4.69) is 17.0 Å². The molecular weight excluding hydrogens is 268 g/mol. The first-order chi connectivity index (χ1) is 10.1. The highest BCUT2D eigenvalue weighted by Gasteiger charge is 2.36. The zero-order valence-corrected chi connectivity index (χ0v) is 12.4. The van der Waals surface area contributed by atoms with Crippen molar-refractivity contribution in [1.29, 1.82) is 0 Å². The van der Waals surface area contributed by atoms with Crippen LogP contribution in [0.4, 0.5) is 0 Å². The second-order valence-electron chi connectivity index (χ2n) is 5.78. The lowest BCUT2D eigenvalue weighted by Gasteiger charge is -2.15. The fourth-order valence-corrected chi connectivity index (χ4v) is 2.47. The Balaban J connectivity index is 1.49. The van der Waals surface area contributed by atoms with E-state index in [-0.39, 0.29) is 5.91 Å². The van der Waals surface area contributed by atoms with Gasteiger partial charge in [0, 0.05) is 19.4 Å². The van der Waals surface area contributed by atoms with Gasteiger partial charge in [0.05, 0.1) is 13.1 Å². The van der Waals surface area contributed by atoms with Crippen molar-refractivity contribution in [2.24, 2.45) is 5.92 Å². The molecule has 1 fully saturated rings. The molecule has 2 heterocycles. The average Bonchev–Trinajstić information content (AvgIpc) is 2.89. The van der Waals surface area contributed by atoms with E-state index in [0.717, 1.165) is 17.4 Å². The summed E-state index contributed by atoms with van der Waals surface area (Å²) in [5.74, 6) is 3.28. The van der Waals surface area contributed by atoms with Crippen molar-refractivity contribution in [2.75, 3.05) is 7.05 Å². The van der Waals surface area contributed by atoms with Crippen LogP contribution >= 0.6 is 0 Å². The zero-order valence-electron chi connectivity index (χ0n) is 12.4. The largest absolute Gasteiger partial charge is 0.464 e. The van der Waals surface area contributed by atoms with Crippen LogP contribution in [-0.4, -0.2) is 32.6 Å². The van der Waals surface area contributed by atoms with Crippen molar-refractivity contribution < 1.29 is 9.21 Å². The summed E-state index contributed by atoms with van der Waals surface area (Å²) in [4.78, 5) is 17.6. The third-order valence-corrected chi connectivity index (χ3v) is 4.00. The zero-order chi connectivity index (χ0) is 14.8. The third kappa shape index (κ3) is 3.32. The molecule has 2 atom stereocenters. The van der Waals surface area contributed by atoms with E-state index in [1.807, 2.05) is 12.1 Å². The van der Waals surface area contributed by atoms with Crippen LogP contribution in [0.25, 0.3) is 0 Å². The van der Waals surface area contributed by atoms with E-state index in [1.54, 1.807) is 23.0 Å². The molecule has 3 rings (SSSR count). The highest BCUT2D eigenvalue weighted by molar-refractivity contribution is 5.75. The topological polar surface area (TPSA) is 64.2 Å². The summed E-state index contributed by atoms with van der Waals surface area (Å²) in [5, 5.41) is 3.98. The summed E-state index contributed by atoms with van der Waals surface area (Å²) in [6.07, 6.45) is 4.70. The number of furan rings is 1. The molecule has 6 nitrogen and oxygen atoms in total. The summed E-state index contributed by atoms with van der Waals surface area (Å²) in [7, 11) is 1.80. The maximum Gasteiger partial charge on any atom is 0.224 e. The molecular formula is C15H20N4O2. The van der Waals surface area contributed by atoms with E-state index in [0.29, 0.717) is 25.4 Å². The van der Waals surface area contributed by atoms with Gasteiger partial charge in [-0.1, -0.05) is 6.92 Å². The maximum atomic E-state index is 12.1. The van der Waals surface area contributed by atoms with Crippen molar-refractivity contribution in [3.05, 3.63) is 36.3 Å². The Bertz CT molecular complexity index is 605. The second-order valence-corrected chi connectivity index (χ2v) is 5.78. The van der Waals surface area contributed by atoms with Crippen molar-refractivity contribution in [2.45, 2.75) is 38.8 Å². The number of amides is 1. The molecule has 0 N–H and O–H groups in total. The molecule has 0 aliphatic heterocycles. The minimum Gasteiger partial charge on any atom is -0.464 e. The SMILES string of the molecule is C[C@@H]1C[C@@H]1c1ccc(CN(C)C(=O)CCn2cncn2)o1. The molecule has 0 saturated heterocycles. The average molecular weight is 288 g/mol. The Morgan fingerprint density at radius 3 is 3.00 bits per heavy atom. The van der Waals surface area contributed by atoms with Crippen molar-refractivity contribution >= 4 is 5.91 Å². The third-order valence-electron chi connectivity index (χ3n) is 4.00. The lowest BCUT2D eigenvalue weighted by molar-refractivity contribution is -0.130. The van der Waals surface area contributed by atoms with Gasteiger partial charge in [0.25, 0.3) is 0 Å². The van der Waals surface area contributed by atoms with E-state index >= 15 is 0 Å². The smallest absolute Gasteiger partial charge is 0.224 e. The highest BCUT2D eigenvalue weighted by Crippen LogP contribution is 2.47. The van der Waals surface area contributed by atoms with E-state index in [4.69, 9.17) is 4.42 Å². The van der Waals surface area contributed by atoms with E-state index in [9.17, 15) is 4.79 Å². The molecule has 1 aliphatic carbocycles. The molecule has 2 aromatic rings. The Hall–Kier alpha value is -2.11. The molecule has 6 heteroatoms. The van der Waals surface area contributed by atoms with Gasteiger partial charge < -0.3 is 9.32 Å². The first-order valence-corrected chi connectivity index (χ1v) is 7.28. The fraction of sp³-hybridized carbons (Fsp3) is 0.533. The van der Waals surface area contributed by atoms with Crippen molar-refractivity contribution in [3.8, 4) is 0 Å². The van der Waals surface area contributed by atoms with Gasteiger partial charge in [-0.15, -0.1) is 0 Å². The number of rotatable bonds is 6. The lowest BCUT2D eigenvalue weighted by atomic mass is 10.3. The molecule has 2 aromatic heterocycles. The van der Waals surface area contributed by atoms with Gasteiger partial charge in [0.2, 0.25) is 5.91 Å². The Labute approximate surface area is 123 Å². The predicted octanol–water partition coefficient (Wildman–Crippen LogP) is 2.04. The van der Waals surface area contributed by atoms with Crippen molar-refractivity contribution in [3.63, 3.8) is 0 Å². The number of carbonyl (C=O) groups is 1. The van der Waals surface area contributed by atoms with Crippen LogP contribution in [-0.2, 0) is 17.9 Å². The monoisotopic (exact) mass is 288 g/mol. The quantitative estimate of drug-likeness (QED) is 0.816. The summed E-state index contributed by atoms with van der Waals surface area (Å²) in [6.45, 7) is 3.29. The molecule has 0 aromatic carbocycles. The minimum absolute atomic E-state index is 0.0724. The molecule has 0 bridgehead atoms. The predicted molar refractivity (Wildman–Crippen MR) is 76.3 cm³/mol. The van der Waals surface area contributed by atoms with E-state index in [1.165, 1.54) is 12.7 Å². The molecule has 1 aliphatic rings. The van der Waals surface area contributed by atoms with Crippen LogP contribution in [0.1, 0.15) is 37.2 Å². The van der Waals surface area contributed by atoms with Crippen LogP contribution in [0.3, 0.4) is 0 Å². The second kappa shape index (κ2) is 5.71. The summed E-state index contributed by atoms with van der Waals surface area (Å²) < 4.78 is 7.49. The number of aryl methyl sites for hydroxylation is 1. The molecule has 0 spiro atoms. The van der Waals surface area contributed by atoms with Crippen LogP contribution < -0.4 is 0 Å². The highest BCUT2D eigenvalue weighted by atomic mass is 16.3. The Kier molecular flexibility index (Phi) is 3.77. The minimum atomic E-state index is 0.0724. The van der Waals surface area contributed by atoms with Crippen LogP contribution in [0.5, 0.6) is 0 Å². The molecule has 112 valence electrons. The standard InChI is InChI=1S/C15H20N4O2/c1-11-7-13(11)14-4-3-12(21-14)8-18(2)15(20)5-6-19-10-16-9-17-19/h3-4,9-11,13H,5-8H2,1-2H3/t11-,13+/m1/s1. The van der Waals surface area contributed by atoms with Crippen molar-refractivity contribution in [1.82, 2.24) is 19.7 Å². The van der Waals surface area contributed by atoms with Crippen LogP contribution in [0.15, 0.2) is 29.2 Å². The summed E-state index contributed by atoms with van der Waals surface area (Å²) in [5.41, 5.74) is 0. The first-order valence-electron chi connectivity index (χ1n) is 7.28. The fourth-order valence-electron chi connectivity index (χ4n) is 2.47. The van der Waals surface area contributed by atoms with E-state index < -0.39 is 0 Å². The normalized spacial score (nSPS) is 20.5. The number of hydrogen-bond donors (Lipinski definition) is 0. The Morgan fingerprint density at radius 1 is 1.52 bits per heavy atom. The van der Waals surface area contributed by atoms with Gasteiger partial charge in [-0.3, -0.25) is 9.48 Å².